The Morgan fingerprint density at radius 2 is 2.12 bits per heavy atom. The quantitative estimate of drug-likeness (QED) is 0.641. The molecule has 2 aliphatic rings. The minimum Gasteiger partial charge on any atom is -0.357 e. The molecule has 2 saturated heterocycles. The lowest BCUT2D eigenvalue weighted by Crippen LogP contribution is -2.42. The Bertz CT molecular complexity index is 601. The van der Waals surface area contributed by atoms with Crippen molar-refractivity contribution in [3.8, 4) is 0 Å². The zero-order valence-corrected chi connectivity index (χ0v) is 15.7. The van der Waals surface area contributed by atoms with Gasteiger partial charge in [-0.2, -0.15) is 0 Å². The second-order valence-corrected chi connectivity index (χ2v) is 7.26. The summed E-state index contributed by atoms with van der Waals surface area (Å²) in [5.74, 6) is 0.693. The van der Waals surface area contributed by atoms with Crippen molar-refractivity contribution in [3.05, 3.63) is 34.6 Å². The fraction of sp³-hybridized carbons (Fsp3) is 0.632. The van der Waals surface area contributed by atoms with E-state index in [1.165, 1.54) is 44.5 Å². The van der Waals surface area contributed by atoms with Crippen molar-refractivity contribution in [1.29, 1.82) is 0 Å². The molecule has 0 aromatic heterocycles. The van der Waals surface area contributed by atoms with E-state index in [4.69, 9.17) is 16.6 Å². The Balaban J connectivity index is 1.57. The highest BCUT2D eigenvalue weighted by Crippen LogP contribution is 2.21. The average Bonchev–Trinajstić information content (AvgIpc) is 3.27. The van der Waals surface area contributed by atoms with Crippen LogP contribution in [-0.4, -0.2) is 61.1 Å². The molecule has 0 amide bonds. The van der Waals surface area contributed by atoms with Crippen molar-refractivity contribution in [2.24, 2.45) is 4.99 Å². The van der Waals surface area contributed by atoms with Crippen LogP contribution >= 0.6 is 11.6 Å². The highest BCUT2D eigenvalue weighted by Gasteiger charge is 2.30. The minimum atomic E-state index is -0.296. The van der Waals surface area contributed by atoms with Crippen LogP contribution in [0.1, 0.15) is 31.7 Å². The highest BCUT2D eigenvalue weighted by molar-refractivity contribution is 6.31. The van der Waals surface area contributed by atoms with E-state index in [0.29, 0.717) is 17.6 Å². The van der Waals surface area contributed by atoms with Crippen molar-refractivity contribution in [3.63, 3.8) is 0 Å². The van der Waals surface area contributed by atoms with E-state index < -0.39 is 0 Å². The molecule has 1 atom stereocenters. The smallest absolute Gasteiger partial charge is 0.193 e. The molecule has 2 fully saturated rings. The first-order valence-electron chi connectivity index (χ1n) is 9.38. The van der Waals surface area contributed by atoms with E-state index in [1.807, 2.05) is 0 Å². The number of nitrogens with one attached hydrogen (secondary N) is 1. The molecule has 1 unspecified atom stereocenters. The number of halogens is 2. The van der Waals surface area contributed by atoms with E-state index >= 15 is 0 Å². The number of hydrogen-bond acceptors (Lipinski definition) is 2. The molecule has 0 spiro atoms. The predicted molar refractivity (Wildman–Crippen MR) is 102 cm³/mol. The Morgan fingerprint density at radius 1 is 1.32 bits per heavy atom. The second-order valence-electron chi connectivity index (χ2n) is 6.85. The van der Waals surface area contributed by atoms with Gasteiger partial charge in [0.15, 0.2) is 5.96 Å². The normalized spacial score (nSPS) is 22.0. The molecule has 1 aromatic carbocycles. The molecule has 138 valence electrons. The van der Waals surface area contributed by atoms with E-state index in [-0.39, 0.29) is 5.82 Å². The molecule has 0 radical (unpaired) electrons. The summed E-state index contributed by atoms with van der Waals surface area (Å²) in [6, 6.07) is 5.24. The van der Waals surface area contributed by atoms with E-state index in [0.717, 1.165) is 37.6 Å². The van der Waals surface area contributed by atoms with Crippen molar-refractivity contribution in [1.82, 2.24) is 15.1 Å². The van der Waals surface area contributed by atoms with E-state index in [1.54, 1.807) is 6.07 Å². The molecule has 6 heteroatoms. The van der Waals surface area contributed by atoms with Crippen LogP contribution in [0.4, 0.5) is 4.39 Å². The molecule has 2 aliphatic heterocycles. The van der Waals surface area contributed by atoms with Crippen molar-refractivity contribution in [2.75, 3.05) is 39.3 Å². The van der Waals surface area contributed by atoms with Crippen LogP contribution in [-0.2, 0) is 6.42 Å². The van der Waals surface area contributed by atoms with E-state index in [2.05, 4.69) is 22.0 Å². The van der Waals surface area contributed by atoms with Crippen LogP contribution in [0.5, 0.6) is 0 Å². The van der Waals surface area contributed by atoms with Gasteiger partial charge in [-0.3, -0.25) is 9.89 Å². The zero-order valence-electron chi connectivity index (χ0n) is 15.0. The van der Waals surface area contributed by atoms with Crippen LogP contribution in [0.3, 0.4) is 0 Å². The first-order valence-corrected chi connectivity index (χ1v) is 9.76. The van der Waals surface area contributed by atoms with Crippen molar-refractivity contribution < 1.29 is 4.39 Å². The summed E-state index contributed by atoms with van der Waals surface area (Å²) in [4.78, 5) is 9.78. The molecule has 4 nitrogen and oxygen atoms in total. The van der Waals surface area contributed by atoms with E-state index in [9.17, 15) is 4.39 Å². The summed E-state index contributed by atoms with van der Waals surface area (Å²) < 4.78 is 13.1. The SMILES string of the molecule is CCNC(=NCCc1ccc(F)cc1Cl)N1CCC(N2CCCC2)C1. The monoisotopic (exact) mass is 366 g/mol. The number of nitrogens with zero attached hydrogens (tertiary/aromatic N) is 3. The van der Waals surface area contributed by atoms with Gasteiger partial charge in [-0.25, -0.2) is 4.39 Å². The molecule has 1 N–H and O–H groups in total. The summed E-state index contributed by atoms with van der Waals surface area (Å²) in [5, 5.41) is 3.89. The van der Waals surface area contributed by atoms with Gasteiger partial charge < -0.3 is 10.2 Å². The van der Waals surface area contributed by atoms with Gasteiger partial charge in [0.1, 0.15) is 5.82 Å². The summed E-state index contributed by atoms with van der Waals surface area (Å²) >= 11 is 6.10. The van der Waals surface area contributed by atoms with Crippen molar-refractivity contribution >= 4 is 17.6 Å². The van der Waals surface area contributed by atoms with Gasteiger partial charge in [-0.15, -0.1) is 0 Å². The van der Waals surface area contributed by atoms with Crippen LogP contribution in [0.2, 0.25) is 5.02 Å². The molecule has 0 bridgehead atoms. The van der Waals surface area contributed by atoms with Gasteiger partial charge >= 0.3 is 0 Å². The van der Waals surface area contributed by atoms with Crippen LogP contribution in [0.25, 0.3) is 0 Å². The van der Waals surface area contributed by atoms with Gasteiger partial charge in [-0.05, 0) is 63.4 Å². The Hall–Kier alpha value is -1.33. The predicted octanol–water partition coefficient (Wildman–Crippen LogP) is 3.16. The van der Waals surface area contributed by atoms with Gasteiger partial charge in [-0.1, -0.05) is 17.7 Å². The molecule has 3 rings (SSSR count). The van der Waals surface area contributed by atoms with Gasteiger partial charge in [0.05, 0.1) is 0 Å². The topological polar surface area (TPSA) is 30.9 Å². The molecule has 25 heavy (non-hydrogen) atoms. The standard InChI is InChI=1S/C19H28ClFN4/c1-2-22-19(23-9-7-15-5-6-16(21)13-18(15)20)25-12-8-17(14-25)24-10-3-4-11-24/h5-6,13,17H,2-4,7-12,14H2,1H3,(H,22,23). The maximum absolute atomic E-state index is 13.1. The Labute approximate surface area is 155 Å². The Morgan fingerprint density at radius 3 is 2.84 bits per heavy atom. The molecular formula is C19H28ClFN4. The number of hydrogen-bond donors (Lipinski definition) is 1. The largest absolute Gasteiger partial charge is 0.357 e. The lowest BCUT2D eigenvalue weighted by Gasteiger charge is -2.25. The van der Waals surface area contributed by atoms with Crippen LogP contribution in [0.15, 0.2) is 23.2 Å². The third-order valence-corrected chi connectivity index (χ3v) is 5.46. The number of rotatable bonds is 5. The lowest BCUT2D eigenvalue weighted by atomic mass is 10.1. The first kappa shape index (κ1) is 18.5. The number of likely N-dealkylation sites (tertiary alicyclic amines) is 2. The average molecular weight is 367 g/mol. The molecule has 0 aliphatic carbocycles. The third-order valence-electron chi connectivity index (χ3n) is 5.11. The number of benzene rings is 1. The molecule has 0 saturated carbocycles. The zero-order chi connectivity index (χ0) is 17.6. The molecule has 1 aromatic rings. The maximum atomic E-state index is 13.1. The summed E-state index contributed by atoms with van der Waals surface area (Å²) in [7, 11) is 0. The highest BCUT2D eigenvalue weighted by atomic mass is 35.5. The van der Waals surface area contributed by atoms with Gasteiger partial charge in [0.25, 0.3) is 0 Å². The molecular weight excluding hydrogens is 339 g/mol. The maximum Gasteiger partial charge on any atom is 0.193 e. The Kier molecular flexibility index (Phi) is 6.54. The fourth-order valence-corrected chi connectivity index (χ4v) is 4.03. The lowest BCUT2D eigenvalue weighted by molar-refractivity contribution is 0.249. The van der Waals surface area contributed by atoms with Crippen LogP contribution < -0.4 is 5.32 Å². The van der Waals surface area contributed by atoms with Crippen molar-refractivity contribution in [2.45, 2.75) is 38.6 Å². The summed E-state index contributed by atoms with van der Waals surface area (Å²) in [6.07, 6.45) is 4.61. The number of guanidine groups is 1. The third kappa shape index (κ3) is 4.85. The first-order chi connectivity index (χ1) is 12.2. The fourth-order valence-electron chi connectivity index (χ4n) is 3.77. The number of aliphatic imine (C=N–C) groups is 1. The minimum absolute atomic E-state index is 0.296. The molecule has 2 heterocycles. The van der Waals surface area contributed by atoms with Crippen LogP contribution in [0, 0.1) is 5.82 Å². The summed E-state index contributed by atoms with van der Waals surface area (Å²) in [5.41, 5.74) is 0.944. The van der Waals surface area contributed by atoms with Gasteiger partial charge in [0, 0.05) is 37.2 Å². The van der Waals surface area contributed by atoms with Gasteiger partial charge in [0.2, 0.25) is 0 Å². The second kappa shape index (κ2) is 8.86. The summed E-state index contributed by atoms with van der Waals surface area (Å²) in [6.45, 7) is 8.22.